The topological polar surface area (TPSA) is 63.2 Å². The second kappa shape index (κ2) is 10.7. The third-order valence-electron chi connectivity index (χ3n) is 3.91. The van der Waals surface area contributed by atoms with E-state index in [9.17, 15) is 4.79 Å². The molecule has 0 radical (unpaired) electrons. The third-order valence-corrected chi connectivity index (χ3v) is 3.91. The maximum atomic E-state index is 12.3. The van der Waals surface area contributed by atoms with Gasteiger partial charge in [-0.1, -0.05) is 25.5 Å². The van der Waals surface area contributed by atoms with E-state index in [4.69, 9.17) is 23.7 Å². The Morgan fingerprint density at radius 3 is 2.56 bits per heavy atom. The molecule has 0 aromatic carbocycles. The molecule has 6 nitrogen and oxygen atoms in total. The van der Waals surface area contributed by atoms with Gasteiger partial charge in [-0.25, -0.2) is 0 Å². The molecule has 1 heterocycles. The minimum Gasteiger partial charge on any atom is -0.459 e. The number of carbonyl (C=O) groups is 1. The molecule has 144 valence electrons. The number of hydrogen-bond donors (Lipinski definition) is 0. The molecule has 6 heteroatoms. The lowest BCUT2D eigenvalue weighted by molar-refractivity contribution is -0.172. The molecule has 0 N–H and O–H groups in total. The van der Waals surface area contributed by atoms with Gasteiger partial charge in [0.25, 0.3) is 0 Å². The molecule has 0 saturated carbocycles. The van der Waals surface area contributed by atoms with E-state index in [2.05, 4.69) is 13.2 Å². The molecule has 0 aromatic heterocycles. The maximum absolute atomic E-state index is 12.3. The van der Waals surface area contributed by atoms with Crippen LogP contribution in [-0.2, 0) is 28.5 Å². The molecule has 25 heavy (non-hydrogen) atoms. The molecule has 0 amide bonds. The summed E-state index contributed by atoms with van der Waals surface area (Å²) in [4.78, 5) is 12.3. The highest BCUT2D eigenvalue weighted by Gasteiger charge is 2.44. The van der Waals surface area contributed by atoms with Gasteiger partial charge >= 0.3 is 5.97 Å². The lowest BCUT2D eigenvalue weighted by atomic mass is 10.0. The second-order valence-corrected chi connectivity index (χ2v) is 6.50. The first kappa shape index (κ1) is 21.8. The Balaban J connectivity index is 2.60. The van der Waals surface area contributed by atoms with Gasteiger partial charge in [-0.2, -0.15) is 0 Å². The van der Waals surface area contributed by atoms with Gasteiger partial charge in [-0.05, 0) is 26.7 Å². The normalized spacial score (nSPS) is 24.5. The Bertz CT molecular complexity index is 434. The zero-order valence-electron chi connectivity index (χ0n) is 15.9. The summed E-state index contributed by atoms with van der Waals surface area (Å²) in [6.07, 6.45) is 4.37. The van der Waals surface area contributed by atoms with Gasteiger partial charge in [0.2, 0.25) is 0 Å². The number of ether oxygens (including phenoxy) is 5. The van der Waals surface area contributed by atoms with Crippen LogP contribution in [0.1, 0.15) is 46.5 Å². The molecular weight excluding hydrogens is 324 g/mol. The summed E-state index contributed by atoms with van der Waals surface area (Å²) in [6, 6.07) is 0. The van der Waals surface area contributed by atoms with E-state index in [-0.39, 0.29) is 43.6 Å². The van der Waals surface area contributed by atoms with E-state index < -0.39 is 5.79 Å². The van der Waals surface area contributed by atoms with Crippen molar-refractivity contribution in [1.82, 2.24) is 0 Å². The second-order valence-electron chi connectivity index (χ2n) is 6.50. The molecule has 1 aliphatic rings. The van der Waals surface area contributed by atoms with Gasteiger partial charge in [0.1, 0.15) is 25.1 Å². The van der Waals surface area contributed by atoms with Crippen molar-refractivity contribution < 1.29 is 28.5 Å². The standard InChI is InChI=1S/C19H32O6/c1-7-10-16(18-15(9-3)24-19(4,5)25-18)23-17(20)12-11-14(8-2)22-13-21-6/h8-9,14-16,18H,2-3,7,10-13H2,1,4-6H3/t14-,15+,16?,18+/m0/s1. The summed E-state index contributed by atoms with van der Waals surface area (Å²) in [5.41, 5.74) is 0. The van der Waals surface area contributed by atoms with Crippen LogP contribution in [0.25, 0.3) is 0 Å². The van der Waals surface area contributed by atoms with E-state index in [1.165, 1.54) is 0 Å². The average Bonchev–Trinajstić information content (AvgIpc) is 2.89. The Morgan fingerprint density at radius 2 is 2.00 bits per heavy atom. The van der Waals surface area contributed by atoms with Gasteiger partial charge in [0.05, 0.1) is 6.10 Å². The van der Waals surface area contributed by atoms with Crippen molar-refractivity contribution in [2.75, 3.05) is 13.9 Å². The van der Waals surface area contributed by atoms with E-state index in [0.717, 1.165) is 6.42 Å². The molecule has 4 atom stereocenters. The molecule has 1 fully saturated rings. The molecule has 1 aliphatic heterocycles. The highest BCUT2D eigenvalue weighted by atomic mass is 16.8. The van der Waals surface area contributed by atoms with Crippen LogP contribution in [0.3, 0.4) is 0 Å². The number of methoxy groups -OCH3 is 1. The number of esters is 1. The Labute approximate surface area is 151 Å². The first-order valence-corrected chi connectivity index (χ1v) is 8.77. The van der Waals surface area contributed by atoms with Gasteiger partial charge in [-0.3, -0.25) is 4.79 Å². The van der Waals surface area contributed by atoms with Crippen molar-refractivity contribution in [2.24, 2.45) is 0 Å². The molecule has 1 saturated heterocycles. The summed E-state index contributed by atoms with van der Waals surface area (Å²) in [5, 5.41) is 0. The third kappa shape index (κ3) is 7.28. The van der Waals surface area contributed by atoms with E-state index in [1.54, 1.807) is 19.3 Å². The highest BCUT2D eigenvalue weighted by molar-refractivity contribution is 5.69. The van der Waals surface area contributed by atoms with Crippen LogP contribution >= 0.6 is 0 Å². The van der Waals surface area contributed by atoms with Gasteiger partial charge in [-0.15, -0.1) is 13.2 Å². The first-order valence-electron chi connectivity index (χ1n) is 8.77. The molecule has 0 aromatic rings. The molecule has 1 rings (SSSR count). The predicted molar refractivity (Wildman–Crippen MR) is 95.0 cm³/mol. The summed E-state index contributed by atoms with van der Waals surface area (Å²) in [6.45, 7) is 13.4. The first-order chi connectivity index (χ1) is 11.9. The Kier molecular flexibility index (Phi) is 9.35. The SMILES string of the molecule is C=C[C@@H](CCC(=O)OC(CCC)[C@@H]1OC(C)(C)O[C@@H]1C=C)OCOC. The molecule has 0 bridgehead atoms. The van der Waals surface area contributed by atoms with Crippen molar-refractivity contribution in [3.63, 3.8) is 0 Å². The van der Waals surface area contributed by atoms with Crippen molar-refractivity contribution in [3.8, 4) is 0 Å². The van der Waals surface area contributed by atoms with Gasteiger partial charge in [0.15, 0.2) is 5.79 Å². The average molecular weight is 356 g/mol. The quantitative estimate of drug-likeness (QED) is 0.303. The fraction of sp³-hybridized carbons (Fsp3) is 0.737. The fourth-order valence-electron chi connectivity index (χ4n) is 2.77. The van der Waals surface area contributed by atoms with Crippen molar-refractivity contribution >= 4 is 5.97 Å². The zero-order valence-corrected chi connectivity index (χ0v) is 15.9. The van der Waals surface area contributed by atoms with E-state index >= 15 is 0 Å². The lowest BCUT2D eigenvalue weighted by Gasteiger charge is -2.25. The van der Waals surface area contributed by atoms with Crippen LogP contribution in [0.4, 0.5) is 0 Å². The van der Waals surface area contributed by atoms with E-state index in [1.807, 2.05) is 20.8 Å². The largest absolute Gasteiger partial charge is 0.459 e. The minimum atomic E-state index is -0.718. The summed E-state index contributed by atoms with van der Waals surface area (Å²) < 4.78 is 27.7. The molecular formula is C19H32O6. The van der Waals surface area contributed by atoms with Crippen LogP contribution in [0.5, 0.6) is 0 Å². The summed E-state index contributed by atoms with van der Waals surface area (Å²) in [7, 11) is 1.55. The van der Waals surface area contributed by atoms with E-state index in [0.29, 0.717) is 12.8 Å². The van der Waals surface area contributed by atoms with Crippen molar-refractivity contribution in [1.29, 1.82) is 0 Å². The van der Waals surface area contributed by atoms with Crippen LogP contribution < -0.4 is 0 Å². The zero-order chi connectivity index (χ0) is 18.9. The minimum absolute atomic E-state index is 0.160. The molecule has 0 spiro atoms. The van der Waals surface area contributed by atoms with Crippen LogP contribution in [0, 0.1) is 0 Å². The van der Waals surface area contributed by atoms with Crippen molar-refractivity contribution in [2.45, 2.75) is 76.7 Å². The fourth-order valence-corrected chi connectivity index (χ4v) is 2.77. The van der Waals surface area contributed by atoms with Crippen LogP contribution in [0.2, 0.25) is 0 Å². The monoisotopic (exact) mass is 356 g/mol. The number of rotatable bonds is 12. The van der Waals surface area contributed by atoms with Gasteiger partial charge < -0.3 is 23.7 Å². The molecule has 0 aliphatic carbocycles. The molecule has 1 unspecified atom stereocenters. The summed E-state index contributed by atoms with van der Waals surface area (Å²) in [5.74, 6) is -1.01. The predicted octanol–water partition coefficient (Wildman–Crippen LogP) is 3.36. The lowest BCUT2D eigenvalue weighted by Crippen LogP contribution is -2.38. The van der Waals surface area contributed by atoms with Gasteiger partial charge in [0, 0.05) is 13.5 Å². The van der Waals surface area contributed by atoms with Crippen LogP contribution in [0.15, 0.2) is 25.3 Å². The maximum Gasteiger partial charge on any atom is 0.306 e. The smallest absolute Gasteiger partial charge is 0.306 e. The summed E-state index contributed by atoms with van der Waals surface area (Å²) >= 11 is 0. The Morgan fingerprint density at radius 1 is 1.28 bits per heavy atom. The van der Waals surface area contributed by atoms with Crippen molar-refractivity contribution in [3.05, 3.63) is 25.3 Å². The Hall–Kier alpha value is -1.21. The highest BCUT2D eigenvalue weighted by Crippen LogP contribution is 2.33. The van der Waals surface area contributed by atoms with Crippen LogP contribution in [-0.4, -0.2) is 50.1 Å². The number of carbonyl (C=O) groups excluding carboxylic acids is 1. The number of hydrogen-bond acceptors (Lipinski definition) is 6.